The Morgan fingerprint density at radius 3 is 3.00 bits per heavy atom. The van der Waals surface area contributed by atoms with Gasteiger partial charge in [0.1, 0.15) is 23.2 Å². The summed E-state index contributed by atoms with van der Waals surface area (Å²) in [6, 6.07) is 5.96. The summed E-state index contributed by atoms with van der Waals surface area (Å²) in [7, 11) is 0. The number of carbonyl (C=O) groups is 1. The summed E-state index contributed by atoms with van der Waals surface area (Å²) in [5, 5.41) is 7.12. The maximum absolute atomic E-state index is 13.5. The first-order chi connectivity index (χ1) is 12.1. The van der Waals surface area contributed by atoms with Crippen LogP contribution in [0.25, 0.3) is 22.4 Å². The van der Waals surface area contributed by atoms with Crippen molar-refractivity contribution in [2.24, 2.45) is 0 Å². The molecule has 0 aliphatic carbocycles. The van der Waals surface area contributed by atoms with Gasteiger partial charge >= 0.3 is 0 Å². The molecule has 0 saturated carbocycles. The lowest BCUT2D eigenvalue weighted by atomic mass is 10.1. The molecule has 7 nitrogen and oxygen atoms in total. The zero-order valence-corrected chi connectivity index (χ0v) is 13.8. The maximum atomic E-state index is 13.5. The fourth-order valence-corrected chi connectivity index (χ4v) is 2.26. The van der Waals surface area contributed by atoms with Crippen molar-refractivity contribution < 1.29 is 18.4 Å². The Balaban J connectivity index is 1.89. The van der Waals surface area contributed by atoms with E-state index in [9.17, 15) is 9.18 Å². The number of rotatable bonds is 6. The predicted octanol–water partition coefficient (Wildman–Crippen LogP) is 2.72. The van der Waals surface area contributed by atoms with Gasteiger partial charge in [0.2, 0.25) is 5.88 Å². The lowest BCUT2D eigenvalue weighted by Crippen LogP contribution is -2.35. The Morgan fingerprint density at radius 2 is 2.24 bits per heavy atom. The summed E-state index contributed by atoms with van der Waals surface area (Å²) in [6.45, 7) is 3.68. The summed E-state index contributed by atoms with van der Waals surface area (Å²) in [4.78, 5) is 19.9. The molecular weight excluding hydrogens is 327 g/mol. The first-order valence-corrected chi connectivity index (χ1v) is 7.87. The highest BCUT2D eigenvalue weighted by atomic mass is 19.1. The van der Waals surface area contributed by atoms with Gasteiger partial charge in [-0.2, -0.15) is 4.98 Å². The maximum Gasteiger partial charge on any atom is 0.265 e. The summed E-state index contributed by atoms with van der Waals surface area (Å²) in [5.41, 5.74) is 1.06. The molecule has 8 heteroatoms. The standard InChI is InChI=1S/C17H17FN4O3/c1-3-10(2)21-13(23)8-24-16-14-15(11-5-4-6-12(18)7-11)22-25-17(14)20-9-19-16/h4-7,9-10H,3,8H2,1-2H3,(H,21,23). The largest absolute Gasteiger partial charge is 0.467 e. The van der Waals surface area contributed by atoms with E-state index in [0.29, 0.717) is 16.6 Å². The first-order valence-electron chi connectivity index (χ1n) is 7.87. The van der Waals surface area contributed by atoms with Gasteiger partial charge in [0, 0.05) is 11.6 Å². The van der Waals surface area contributed by atoms with Crippen LogP contribution in [0.3, 0.4) is 0 Å². The van der Waals surface area contributed by atoms with E-state index in [1.54, 1.807) is 12.1 Å². The molecule has 0 bridgehead atoms. The Morgan fingerprint density at radius 1 is 1.40 bits per heavy atom. The molecule has 0 saturated heterocycles. The highest BCUT2D eigenvalue weighted by molar-refractivity contribution is 5.93. The van der Waals surface area contributed by atoms with Gasteiger partial charge in [0.15, 0.2) is 6.61 Å². The molecule has 25 heavy (non-hydrogen) atoms. The number of hydrogen-bond donors (Lipinski definition) is 1. The van der Waals surface area contributed by atoms with Crippen LogP contribution in [0.1, 0.15) is 20.3 Å². The quantitative estimate of drug-likeness (QED) is 0.739. The van der Waals surface area contributed by atoms with E-state index in [0.717, 1.165) is 6.42 Å². The predicted molar refractivity (Wildman–Crippen MR) is 88.4 cm³/mol. The normalized spacial score (nSPS) is 12.1. The average molecular weight is 344 g/mol. The smallest absolute Gasteiger partial charge is 0.265 e. The second kappa shape index (κ2) is 7.25. The third-order valence-electron chi connectivity index (χ3n) is 3.70. The number of nitrogens with zero attached hydrogens (tertiary/aromatic N) is 3. The molecule has 0 aliphatic rings. The molecule has 1 atom stereocenters. The number of ether oxygens (including phenoxy) is 1. The van der Waals surface area contributed by atoms with Crippen molar-refractivity contribution in [2.75, 3.05) is 6.61 Å². The van der Waals surface area contributed by atoms with Crippen LogP contribution in [-0.4, -0.2) is 33.7 Å². The van der Waals surface area contributed by atoms with Crippen LogP contribution in [-0.2, 0) is 4.79 Å². The molecule has 2 heterocycles. The molecule has 1 unspecified atom stereocenters. The minimum atomic E-state index is -0.402. The van der Waals surface area contributed by atoms with E-state index in [4.69, 9.17) is 9.26 Å². The van der Waals surface area contributed by atoms with Crippen molar-refractivity contribution in [3.8, 4) is 17.1 Å². The summed E-state index contributed by atoms with van der Waals surface area (Å²) in [6.07, 6.45) is 2.07. The minimum absolute atomic E-state index is 0.0555. The second-order valence-electron chi connectivity index (χ2n) is 5.57. The van der Waals surface area contributed by atoms with Crippen molar-refractivity contribution in [1.29, 1.82) is 0 Å². The van der Waals surface area contributed by atoms with E-state index in [-0.39, 0.29) is 30.1 Å². The number of carbonyl (C=O) groups excluding carboxylic acids is 1. The van der Waals surface area contributed by atoms with E-state index >= 15 is 0 Å². The lowest BCUT2D eigenvalue weighted by Gasteiger charge is -2.11. The zero-order chi connectivity index (χ0) is 17.8. The topological polar surface area (TPSA) is 90.1 Å². The average Bonchev–Trinajstić information content (AvgIpc) is 3.04. The summed E-state index contributed by atoms with van der Waals surface area (Å²) < 4.78 is 24.2. The Bertz CT molecular complexity index is 896. The zero-order valence-electron chi connectivity index (χ0n) is 13.8. The molecular formula is C17H17FN4O3. The number of nitrogens with one attached hydrogen (secondary N) is 1. The monoisotopic (exact) mass is 344 g/mol. The van der Waals surface area contributed by atoms with Crippen LogP contribution in [0.15, 0.2) is 35.1 Å². The molecule has 0 fully saturated rings. The lowest BCUT2D eigenvalue weighted by molar-refractivity contribution is -0.123. The van der Waals surface area contributed by atoms with E-state index < -0.39 is 5.82 Å². The number of benzene rings is 1. The third kappa shape index (κ3) is 3.73. The molecule has 0 radical (unpaired) electrons. The Hall–Kier alpha value is -3.03. The van der Waals surface area contributed by atoms with Gasteiger partial charge in [-0.05, 0) is 25.5 Å². The number of halogens is 1. The Labute approximate surface area is 143 Å². The summed E-state index contributed by atoms with van der Waals surface area (Å²) >= 11 is 0. The van der Waals surface area contributed by atoms with Crippen molar-refractivity contribution in [1.82, 2.24) is 20.4 Å². The van der Waals surface area contributed by atoms with Crippen molar-refractivity contribution in [3.63, 3.8) is 0 Å². The summed E-state index contributed by atoms with van der Waals surface area (Å²) in [5.74, 6) is -0.504. The first kappa shape index (κ1) is 16.8. The minimum Gasteiger partial charge on any atom is -0.467 e. The van der Waals surface area contributed by atoms with Gasteiger partial charge < -0.3 is 14.6 Å². The van der Waals surface area contributed by atoms with Crippen molar-refractivity contribution in [3.05, 3.63) is 36.4 Å². The van der Waals surface area contributed by atoms with E-state index in [1.165, 1.54) is 18.5 Å². The van der Waals surface area contributed by atoms with E-state index in [1.807, 2.05) is 13.8 Å². The third-order valence-corrected chi connectivity index (χ3v) is 3.70. The van der Waals surface area contributed by atoms with Gasteiger partial charge in [-0.15, -0.1) is 0 Å². The second-order valence-corrected chi connectivity index (χ2v) is 5.57. The van der Waals surface area contributed by atoms with E-state index in [2.05, 4.69) is 20.4 Å². The molecule has 3 rings (SSSR count). The number of amides is 1. The van der Waals surface area contributed by atoms with Crippen molar-refractivity contribution >= 4 is 17.0 Å². The molecule has 1 N–H and O–H groups in total. The molecule has 130 valence electrons. The number of hydrogen-bond acceptors (Lipinski definition) is 6. The van der Waals surface area contributed by atoms with Crippen LogP contribution in [0, 0.1) is 5.82 Å². The SMILES string of the molecule is CCC(C)NC(=O)COc1ncnc2onc(-c3cccc(F)c3)c12. The highest BCUT2D eigenvalue weighted by Gasteiger charge is 2.19. The molecule has 3 aromatic rings. The fourth-order valence-electron chi connectivity index (χ4n) is 2.26. The van der Waals surface area contributed by atoms with Gasteiger partial charge in [0.05, 0.1) is 0 Å². The van der Waals surface area contributed by atoms with Crippen LogP contribution in [0.5, 0.6) is 5.88 Å². The van der Waals surface area contributed by atoms with Gasteiger partial charge in [0.25, 0.3) is 11.6 Å². The number of aromatic nitrogens is 3. The van der Waals surface area contributed by atoms with Gasteiger partial charge in [-0.25, -0.2) is 9.37 Å². The fraction of sp³-hybridized carbons (Fsp3) is 0.294. The number of fused-ring (bicyclic) bond motifs is 1. The van der Waals surface area contributed by atoms with Crippen LogP contribution in [0.4, 0.5) is 4.39 Å². The highest BCUT2D eigenvalue weighted by Crippen LogP contribution is 2.32. The molecule has 2 aromatic heterocycles. The Kier molecular flexibility index (Phi) is 4.87. The van der Waals surface area contributed by atoms with Gasteiger partial charge in [-0.1, -0.05) is 24.2 Å². The molecule has 1 amide bonds. The van der Waals surface area contributed by atoms with Crippen LogP contribution < -0.4 is 10.1 Å². The molecule has 0 spiro atoms. The van der Waals surface area contributed by atoms with Crippen molar-refractivity contribution in [2.45, 2.75) is 26.3 Å². The van der Waals surface area contributed by atoms with Crippen LogP contribution in [0.2, 0.25) is 0 Å². The van der Waals surface area contributed by atoms with Gasteiger partial charge in [-0.3, -0.25) is 4.79 Å². The van der Waals surface area contributed by atoms with Crippen LogP contribution >= 0.6 is 0 Å². The molecule has 0 aliphatic heterocycles. The molecule has 1 aromatic carbocycles.